The second kappa shape index (κ2) is 2.23. The molecule has 2 fully saturated rings. The van der Waals surface area contributed by atoms with Crippen molar-refractivity contribution in [3.63, 3.8) is 0 Å². The number of rotatable bonds is 3. The normalized spacial score (nSPS) is 29.1. The largest absolute Gasteiger partial charge is 0.393 e. The summed E-state index contributed by atoms with van der Waals surface area (Å²) in [6, 6.07) is 0. The summed E-state index contributed by atoms with van der Waals surface area (Å²) in [6.07, 6.45) is 5.48. The van der Waals surface area contributed by atoms with Crippen LogP contribution in [0.2, 0.25) is 0 Å². The first-order valence-electron chi connectivity index (χ1n) is 4.47. The number of hydrogen-bond donors (Lipinski definition) is 1. The summed E-state index contributed by atoms with van der Waals surface area (Å²) >= 11 is 0. The van der Waals surface area contributed by atoms with Gasteiger partial charge in [0.15, 0.2) is 0 Å². The highest BCUT2D eigenvalue weighted by Gasteiger charge is 2.43. The van der Waals surface area contributed by atoms with Crippen molar-refractivity contribution in [2.75, 3.05) is 0 Å². The second-order valence-electron chi connectivity index (χ2n) is 3.99. The molecule has 58 valence electrons. The van der Waals surface area contributed by atoms with Crippen molar-refractivity contribution in [1.29, 1.82) is 0 Å². The Hall–Kier alpha value is -0.0400. The zero-order chi connectivity index (χ0) is 7.14. The molecule has 0 amide bonds. The predicted molar refractivity (Wildman–Crippen MR) is 40.6 cm³/mol. The highest BCUT2D eigenvalue weighted by atomic mass is 16.3. The molecule has 0 aromatic rings. The van der Waals surface area contributed by atoms with E-state index in [0.717, 1.165) is 11.8 Å². The lowest BCUT2D eigenvalue weighted by atomic mass is 9.93. The summed E-state index contributed by atoms with van der Waals surface area (Å²) in [5.41, 5.74) is 0. The van der Waals surface area contributed by atoms with Gasteiger partial charge in [-0.2, -0.15) is 0 Å². The van der Waals surface area contributed by atoms with E-state index >= 15 is 0 Å². The van der Waals surface area contributed by atoms with Crippen molar-refractivity contribution in [3.8, 4) is 0 Å². The molecule has 0 aromatic heterocycles. The average molecular weight is 140 g/mol. The molecule has 2 saturated carbocycles. The number of aliphatic hydroxyl groups is 1. The summed E-state index contributed by atoms with van der Waals surface area (Å²) in [5.74, 6) is 2.46. The Bertz CT molecular complexity index is 108. The van der Waals surface area contributed by atoms with Crippen LogP contribution in [-0.4, -0.2) is 11.2 Å². The van der Waals surface area contributed by atoms with Crippen molar-refractivity contribution in [2.45, 2.75) is 38.7 Å². The molecule has 0 aliphatic heterocycles. The monoisotopic (exact) mass is 140 g/mol. The molecule has 1 nitrogen and oxygen atoms in total. The van der Waals surface area contributed by atoms with Gasteiger partial charge in [-0.25, -0.2) is 0 Å². The summed E-state index contributed by atoms with van der Waals surface area (Å²) in [4.78, 5) is 0. The van der Waals surface area contributed by atoms with Gasteiger partial charge in [0, 0.05) is 0 Å². The van der Waals surface area contributed by atoms with E-state index in [9.17, 15) is 5.11 Å². The molecule has 1 heteroatoms. The fourth-order valence-corrected chi connectivity index (χ4v) is 2.13. The molecule has 0 aromatic carbocycles. The van der Waals surface area contributed by atoms with E-state index in [1.54, 1.807) is 0 Å². The maximum absolute atomic E-state index is 9.43. The SMILES string of the molecule is CC(O)C(C1CC1)C1CC1. The van der Waals surface area contributed by atoms with Gasteiger partial charge in [-0.15, -0.1) is 0 Å². The van der Waals surface area contributed by atoms with Crippen molar-refractivity contribution in [1.82, 2.24) is 0 Å². The topological polar surface area (TPSA) is 20.2 Å². The van der Waals surface area contributed by atoms with Crippen LogP contribution >= 0.6 is 0 Å². The van der Waals surface area contributed by atoms with Crippen molar-refractivity contribution in [2.24, 2.45) is 17.8 Å². The molecule has 2 rings (SSSR count). The van der Waals surface area contributed by atoms with Gasteiger partial charge in [0.1, 0.15) is 0 Å². The number of hydrogen-bond acceptors (Lipinski definition) is 1. The molecule has 1 unspecified atom stereocenters. The van der Waals surface area contributed by atoms with Crippen LogP contribution in [0.5, 0.6) is 0 Å². The lowest BCUT2D eigenvalue weighted by Crippen LogP contribution is -2.20. The van der Waals surface area contributed by atoms with Crippen LogP contribution in [0.15, 0.2) is 0 Å². The summed E-state index contributed by atoms with van der Waals surface area (Å²) in [6.45, 7) is 1.96. The molecule has 1 N–H and O–H groups in total. The molecule has 0 saturated heterocycles. The Labute approximate surface area is 62.4 Å². The minimum atomic E-state index is -0.0417. The van der Waals surface area contributed by atoms with Crippen LogP contribution in [0.3, 0.4) is 0 Å². The van der Waals surface area contributed by atoms with Crippen molar-refractivity contribution in [3.05, 3.63) is 0 Å². The Morgan fingerprint density at radius 1 is 1.10 bits per heavy atom. The third-order valence-corrected chi connectivity index (χ3v) is 2.89. The second-order valence-corrected chi connectivity index (χ2v) is 3.99. The van der Waals surface area contributed by atoms with Gasteiger partial charge in [-0.3, -0.25) is 0 Å². The van der Waals surface area contributed by atoms with E-state index in [0.29, 0.717) is 5.92 Å². The van der Waals surface area contributed by atoms with E-state index in [2.05, 4.69) is 0 Å². The van der Waals surface area contributed by atoms with Crippen LogP contribution < -0.4 is 0 Å². The Morgan fingerprint density at radius 3 is 1.70 bits per heavy atom. The van der Waals surface area contributed by atoms with Gasteiger partial charge < -0.3 is 5.11 Å². The van der Waals surface area contributed by atoms with Crippen LogP contribution in [0.4, 0.5) is 0 Å². The van der Waals surface area contributed by atoms with Crippen molar-refractivity contribution >= 4 is 0 Å². The zero-order valence-corrected chi connectivity index (χ0v) is 6.59. The molecular weight excluding hydrogens is 124 g/mol. The first-order chi connectivity index (χ1) is 4.79. The summed E-state index contributed by atoms with van der Waals surface area (Å²) < 4.78 is 0. The lowest BCUT2D eigenvalue weighted by Gasteiger charge is -2.17. The molecule has 0 spiro atoms. The zero-order valence-electron chi connectivity index (χ0n) is 6.59. The van der Waals surface area contributed by atoms with Gasteiger partial charge in [0.2, 0.25) is 0 Å². The molecule has 10 heavy (non-hydrogen) atoms. The van der Waals surface area contributed by atoms with E-state index in [1.807, 2.05) is 6.92 Å². The minimum absolute atomic E-state index is 0.0417. The maximum Gasteiger partial charge on any atom is 0.0545 e. The van der Waals surface area contributed by atoms with Crippen molar-refractivity contribution < 1.29 is 5.11 Å². The molecule has 1 atom stereocenters. The van der Waals surface area contributed by atoms with E-state index in [4.69, 9.17) is 0 Å². The Kier molecular flexibility index (Phi) is 1.48. The first kappa shape index (κ1) is 6.66. The van der Waals surface area contributed by atoms with Gasteiger partial charge in [-0.1, -0.05) is 0 Å². The quantitative estimate of drug-likeness (QED) is 0.633. The highest BCUT2D eigenvalue weighted by molar-refractivity contribution is 4.93. The molecular formula is C9H16O. The summed E-state index contributed by atoms with van der Waals surface area (Å²) in [5, 5.41) is 9.43. The smallest absolute Gasteiger partial charge is 0.0545 e. The van der Waals surface area contributed by atoms with Crippen LogP contribution in [0.1, 0.15) is 32.6 Å². The van der Waals surface area contributed by atoms with Gasteiger partial charge in [0.05, 0.1) is 6.10 Å². The minimum Gasteiger partial charge on any atom is -0.393 e. The fraction of sp³-hybridized carbons (Fsp3) is 1.00. The highest BCUT2D eigenvalue weighted by Crippen LogP contribution is 2.50. The molecule has 2 aliphatic carbocycles. The Morgan fingerprint density at radius 2 is 1.50 bits per heavy atom. The van der Waals surface area contributed by atoms with Crippen LogP contribution in [0, 0.1) is 17.8 Å². The third kappa shape index (κ3) is 1.20. The van der Waals surface area contributed by atoms with Gasteiger partial charge >= 0.3 is 0 Å². The van der Waals surface area contributed by atoms with E-state index < -0.39 is 0 Å². The third-order valence-electron chi connectivity index (χ3n) is 2.89. The average Bonchev–Trinajstić information content (AvgIpc) is 2.49. The molecule has 0 bridgehead atoms. The van der Waals surface area contributed by atoms with Crippen LogP contribution in [0.25, 0.3) is 0 Å². The maximum atomic E-state index is 9.43. The fourth-order valence-electron chi connectivity index (χ4n) is 2.13. The van der Waals surface area contributed by atoms with Crippen LogP contribution in [-0.2, 0) is 0 Å². The molecule has 0 radical (unpaired) electrons. The first-order valence-corrected chi connectivity index (χ1v) is 4.47. The number of aliphatic hydroxyl groups excluding tert-OH is 1. The Balaban J connectivity index is 1.92. The van der Waals surface area contributed by atoms with Gasteiger partial charge in [-0.05, 0) is 50.4 Å². The van der Waals surface area contributed by atoms with Gasteiger partial charge in [0.25, 0.3) is 0 Å². The molecule has 2 aliphatic rings. The van der Waals surface area contributed by atoms with E-state index in [1.165, 1.54) is 25.7 Å². The summed E-state index contributed by atoms with van der Waals surface area (Å²) in [7, 11) is 0. The molecule has 0 heterocycles. The van der Waals surface area contributed by atoms with E-state index in [-0.39, 0.29) is 6.10 Å². The standard InChI is InChI=1S/C9H16O/c1-6(10)9(7-2-3-7)8-4-5-8/h6-10H,2-5H2,1H3. The lowest BCUT2D eigenvalue weighted by molar-refractivity contribution is 0.0989. The predicted octanol–water partition coefficient (Wildman–Crippen LogP) is 1.80.